The van der Waals surface area contributed by atoms with Crippen LogP contribution in [0.3, 0.4) is 0 Å². The number of unbranched alkanes of at least 4 members (excludes halogenated alkanes) is 16. The summed E-state index contributed by atoms with van der Waals surface area (Å²) in [6.07, 6.45) is 42.3. The maximum atomic E-state index is 12.8. The fraction of sp³-hybridized carbons (Fsp3) is 0.706. The molecule has 0 saturated carbocycles. The Bertz CT molecular complexity index is 1300. The van der Waals surface area contributed by atoms with E-state index in [0.717, 1.165) is 83.5 Å². The summed E-state index contributed by atoms with van der Waals surface area (Å²) in [6, 6.07) is 0. The third-order valence-electron chi connectivity index (χ3n) is 10.5. The number of rotatable bonds is 39. The quantitative estimate of drug-likeness (QED) is 0.0263. The number of ether oxygens (including phenoxy) is 4. The van der Waals surface area contributed by atoms with Gasteiger partial charge in [-0.25, -0.2) is 4.79 Å². The predicted molar refractivity (Wildman–Crippen MR) is 247 cm³/mol. The van der Waals surface area contributed by atoms with Gasteiger partial charge in [0.25, 0.3) is 0 Å². The number of esters is 2. The molecule has 11 nitrogen and oxygen atoms in total. The van der Waals surface area contributed by atoms with Gasteiger partial charge in [0.1, 0.15) is 24.9 Å². The zero-order valence-corrected chi connectivity index (χ0v) is 38.3. The molecular formula is C51H84O11. The van der Waals surface area contributed by atoms with Crippen LogP contribution in [-0.4, -0.2) is 88.4 Å². The van der Waals surface area contributed by atoms with Crippen LogP contribution < -0.4 is 0 Å². The van der Waals surface area contributed by atoms with Crippen LogP contribution in [0, 0.1) is 0 Å². The summed E-state index contributed by atoms with van der Waals surface area (Å²) in [5.74, 6) is -2.50. The average Bonchev–Trinajstić information content (AvgIpc) is 3.26. The lowest BCUT2D eigenvalue weighted by Gasteiger charge is -2.38. The molecule has 62 heavy (non-hydrogen) atoms. The Labute approximate surface area is 374 Å². The van der Waals surface area contributed by atoms with Crippen molar-refractivity contribution in [2.24, 2.45) is 0 Å². The van der Waals surface area contributed by atoms with Crippen LogP contribution in [-0.2, 0) is 33.3 Å². The van der Waals surface area contributed by atoms with Gasteiger partial charge in [0.2, 0.25) is 0 Å². The SMILES string of the molecule is CC/C=C\C/C=C\C/C=C\C/C=C\C/C=C\CCCCCC(=O)OCC(COC1OC(C(=O)O)C(O)C(O)C1O)OC(=O)CCCCCCCCC/C=C\CCCCCCCC. The molecule has 1 rings (SSSR count). The second kappa shape index (κ2) is 40.4. The zero-order chi connectivity index (χ0) is 45.3. The molecule has 0 aromatic carbocycles. The van der Waals surface area contributed by atoms with Crippen molar-refractivity contribution in [1.29, 1.82) is 0 Å². The first-order chi connectivity index (χ1) is 30.2. The monoisotopic (exact) mass is 873 g/mol. The highest BCUT2D eigenvalue weighted by Gasteiger charge is 2.47. The summed E-state index contributed by atoms with van der Waals surface area (Å²) in [6.45, 7) is 3.66. The molecule has 0 aromatic rings. The first kappa shape index (κ1) is 56.7. The van der Waals surface area contributed by atoms with Crippen molar-refractivity contribution in [1.82, 2.24) is 0 Å². The molecule has 354 valence electrons. The Kier molecular flexibility index (Phi) is 36.9. The molecule has 1 heterocycles. The highest BCUT2D eigenvalue weighted by atomic mass is 16.7. The van der Waals surface area contributed by atoms with E-state index in [9.17, 15) is 34.8 Å². The van der Waals surface area contributed by atoms with Crippen LogP contribution >= 0.6 is 0 Å². The highest BCUT2D eigenvalue weighted by Crippen LogP contribution is 2.23. The Morgan fingerprint density at radius 3 is 1.47 bits per heavy atom. The van der Waals surface area contributed by atoms with Gasteiger partial charge in [0, 0.05) is 12.8 Å². The third kappa shape index (κ3) is 31.5. The Hall–Kier alpha value is -3.35. The van der Waals surface area contributed by atoms with E-state index in [1.54, 1.807) is 0 Å². The second-order valence-electron chi connectivity index (χ2n) is 16.2. The summed E-state index contributed by atoms with van der Waals surface area (Å²) < 4.78 is 21.7. The Morgan fingerprint density at radius 2 is 0.952 bits per heavy atom. The molecule has 4 N–H and O–H groups in total. The minimum absolute atomic E-state index is 0.167. The lowest BCUT2D eigenvalue weighted by atomic mass is 9.99. The molecule has 1 fully saturated rings. The number of carboxylic acid groups (broad SMARTS) is 1. The number of carbonyl (C=O) groups excluding carboxylic acids is 2. The third-order valence-corrected chi connectivity index (χ3v) is 10.5. The van der Waals surface area contributed by atoms with Crippen molar-refractivity contribution in [3.8, 4) is 0 Å². The molecule has 0 aliphatic carbocycles. The van der Waals surface area contributed by atoms with E-state index in [-0.39, 0.29) is 19.4 Å². The highest BCUT2D eigenvalue weighted by molar-refractivity contribution is 5.73. The van der Waals surface area contributed by atoms with Crippen LogP contribution in [0.5, 0.6) is 0 Å². The average molecular weight is 873 g/mol. The summed E-state index contributed by atoms with van der Waals surface area (Å²) in [4.78, 5) is 36.9. The molecule has 0 aromatic heterocycles. The molecule has 0 bridgehead atoms. The van der Waals surface area contributed by atoms with Gasteiger partial charge in [0.15, 0.2) is 18.5 Å². The van der Waals surface area contributed by atoms with Gasteiger partial charge >= 0.3 is 17.9 Å². The van der Waals surface area contributed by atoms with Crippen LogP contribution in [0.1, 0.15) is 181 Å². The first-order valence-electron chi connectivity index (χ1n) is 24.0. The maximum Gasteiger partial charge on any atom is 0.335 e. The molecule has 11 heteroatoms. The molecule has 1 aliphatic rings. The Morgan fingerprint density at radius 1 is 0.516 bits per heavy atom. The fourth-order valence-corrected chi connectivity index (χ4v) is 6.78. The normalized spacial score (nSPS) is 20.2. The number of carboxylic acids is 1. The van der Waals surface area contributed by atoms with Gasteiger partial charge < -0.3 is 39.4 Å². The number of aliphatic hydroxyl groups excluding tert-OH is 3. The molecule has 6 unspecified atom stereocenters. The second-order valence-corrected chi connectivity index (χ2v) is 16.2. The standard InChI is InChI=1S/C51H84O11/c1-3-5-7-9-11-13-15-17-19-21-22-24-25-27-29-31-33-35-37-39-44(52)59-41-43(42-60-51-48(56)46(54)47(55)49(62-51)50(57)58)61-45(53)40-38-36-34-32-30-28-26-23-20-18-16-14-12-10-8-6-4-2/h5,7,11,13,17-20,22,24,27,29,43,46-49,51,54-56H,3-4,6,8-10,12,14-16,21,23,25-26,28,30-42H2,1-2H3,(H,57,58)/b7-5-,13-11-,19-17-,20-18-,24-22-,29-27-. The largest absolute Gasteiger partial charge is 0.479 e. The van der Waals surface area contributed by atoms with Gasteiger partial charge in [0.05, 0.1) is 6.61 Å². The molecule has 0 spiro atoms. The van der Waals surface area contributed by atoms with Crippen molar-refractivity contribution in [2.75, 3.05) is 13.2 Å². The van der Waals surface area contributed by atoms with E-state index in [2.05, 4.69) is 86.8 Å². The molecule has 1 aliphatic heterocycles. The van der Waals surface area contributed by atoms with Crippen molar-refractivity contribution in [3.63, 3.8) is 0 Å². The smallest absolute Gasteiger partial charge is 0.335 e. The van der Waals surface area contributed by atoms with Gasteiger partial charge in [-0.2, -0.15) is 0 Å². The maximum absolute atomic E-state index is 12.8. The fourth-order valence-electron chi connectivity index (χ4n) is 6.78. The van der Waals surface area contributed by atoms with Crippen LogP contribution in [0.25, 0.3) is 0 Å². The van der Waals surface area contributed by atoms with Crippen LogP contribution in [0.15, 0.2) is 72.9 Å². The molecule has 0 amide bonds. The summed E-state index contributed by atoms with van der Waals surface area (Å²) in [5, 5.41) is 39.9. The van der Waals surface area contributed by atoms with E-state index in [0.29, 0.717) is 12.8 Å². The van der Waals surface area contributed by atoms with Crippen molar-refractivity contribution >= 4 is 17.9 Å². The van der Waals surface area contributed by atoms with E-state index in [1.165, 1.54) is 57.8 Å². The number of hydrogen-bond acceptors (Lipinski definition) is 10. The topological polar surface area (TPSA) is 169 Å². The zero-order valence-electron chi connectivity index (χ0n) is 38.3. The molecular weight excluding hydrogens is 789 g/mol. The number of aliphatic carboxylic acids is 1. The molecule has 0 radical (unpaired) electrons. The van der Waals surface area contributed by atoms with E-state index in [1.807, 2.05) is 0 Å². The minimum Gasteiger partial charge on any atom is -0.479 e. The molecule has 6 atom stereocenters. The van der Waals surface area contributed by atoms with Gasteiger partial charge in [-0.3, -0.25) is 9.59 Å². The Balaban J connectivity index is 2.38. The summed E-state index contributed by atoms with van der Waals surface area (Å²) in [7, 11) is 0. The predicted octanol–water partition coefficient (Wildman–Crippen LogP) is 10.9. The van der Waals surface area contributed by atoms with Gasteiger partial charge in [-0.15, -0.1) is 0 Å². The summed E-state index contributed by atoms with van der Waals surface area (Å²) in [5.41, 5.74) is 0. The molecule has 1 saturated heterocycles. The van der Waals surface area contributed by atoms with Crippen molar-refractivity contribution in [2.45, 2.75) is 218 Å². The van der Waals surface area contributed by atoms with Crippen LogP contribution in [0.2, 0.25) is 0 Å². The van der Waals surface area contributed by atoms with E-state index < -0.39 is 61.3 Å². The number of carbonyl (C=O) groups is 3. The van der Waals surface area contributed by atoms with Crippen molar-refractivity contribution in [3.05, 3.63) is 72.9 Å². The van der Waals surface area contributed by atoms with Gasteiger partial charge in [-0.05, 0) is 83.5 Å². The number of hydrogen-bond donors (Lipinski definition) is 4. The van der Waals surface area contributed by atoms with Crippen LogP contribution in [0.4, 0.5) is 0 Å². The first-order valence-corrected chi connectivity index (χ1v) is 24.0. The number of aliphatic hydroxyl groups is 3. The van der Waals surface area contributed by atoms with Crippen molar-refractivity contribution < 1.29 is 53.8 Å². The lowest BCUT2D eigenvalue weighted by molar-refractivity contribution is -0.298. The number of allylic oxidation sites excluding steroid dienone is 12. The van der Waals surface area contributed by atoms with E-state index in [4.69, 9.17) is 18.9 Å². The lowest BCUT2D eigenvalue weighted by Crippen LogP contribution is -2.60. The van der Waals surface area contributed by atoms with Gasteiger partial charge in [-0.1, -0.05) is 157 Å². The minimum atomic E-state index is -1.87. The van der Waals surface area contributed by atoms with E-state index >= 15 is 0 Å². The summed E-state index contributed by atoms with van der Waals surface area (Å²) >= 11 is 0.